The normalized spacial score (nSPS) is 13.2. The fourth-order valence-electron chi connectivity index (χ4n) is 4.08. The van der Waals surface area contributed by atoms with Crippen molar-refractivity contribution in [2.75, 3.05) is 5.75 Å². The summed E-state index contributed by atoms with van der Waals surface area (Å²) in [4.78, 5) is -0.0741. The molecule has 35 heavy (non-hydrogen) atoms. The van der Waals surface area contributed by atoms with Crippen LogP contribution in [0.15, 0.2) is 35.2 Å². The van der Waals surface area contributed by atoms with Gasteiger partial charge in [0.15, 0.2) is 0 Å². The van der Waals surface area contributed by atoms with Crippen molar-refractivity contribution in [1.29, 1.82) is 0 Å². The number of unbranched alkanes of at least 4 members (excludes halogenated alkanes) is 15. The van der Waals surface area contributed by atoms with Crippen LogP contribution >= 0.6 is 11.8 Å². The van der Waals surface area contributed by atoms with E-state index < -0.39 is 10.1 Å². The van der Waals surface area contributed by atoms with Crippen molar-refractivity contribution >= 4 is 21.9 Å². The first kappa shape index (κ1) is 34.4. The van der Waals surface area contributed by atoms with Gasteiger partial charge in [-0.3, -0.25) is 4.55 Å². The highest BCUT2D eigenvalue weighted by atomic mass is 32.2. The molecule has 0 radical (unpaired) electrons. The van der Waals surface area contributed by atoms with Crippen LogP contribution in [-0.2, 0) is 10.1 Å². The van der Waals surface area contributed by atoms with Crippen LogP contribution in [0.2, 0.25) is 0 Å². The number of rotatable bonds is 21. The SMILES string of the molecule is CCCCCCCCCCCCCCCCCCSC(C)CC(C)O.O=S(=O)(O)c1ccccc1. The van der Waals surface area contributed by atoms with E-state index in [1.54, 1.807) is 18.2 Å². The van der Waals surface area contributed by atoms with Gasteiger partial charge in [-0.05, 0) is 37.7 Å². The minimum Gasteiger partial charge on any atom is -0.393 e. The third-order valence-electron chi connectivity index (χ3n) is 6.11. The molecule has 206 valence electrons. The monoisotopic (exact) mass is 530 g/mol. The molecule has 6 heteroatoms. The first-order valence-electron chi connectivity index (χ1n) is 14.1. The molecule has 2 unspecified atom stereocenters. The van der Waals surface area contributed by atoms with Crippen molar-refractivity contribution in [1.82, 2.24) is 0 Å². The van der Waals surface area contributed by atoms with Gasteiger partial charge in [-0.15, -0.1) is 0 Å². The third kappa shape index (κ3) is 24.9. The summed E-state index contributed by atoms with van der Waals surface area (Å²) in [7, 11) is -4.00. The van der Waals surface area contributed by atoms with Crippen LogP contribution in [0.25, 0.3) is 0 Å². The highest BCUT2D eigenvalue weighted by molar-refractivity contribution is 7.99. The van der Waals surface area contributed by atoms with E-state index in [4.69, 9.17) is 4.55 Å². The second-order valence-electron chi connectivity index (χ2n) is 9.86. The summed E-state index contributed by atoms with van der Waals surface area (Å²) in [5.41, 5.74) is 0. The van der Waals surface area contributed by atoms with Gasteiger partial charge in [0, 0.05) is 5.25 Å². The van der Waals surface area contributed by atoms with E-state index in [1.165, 1.54) is 121 Å². The largest absolute Gasteiger partial charge is 0.393 e. The highest BCUT2D eigenvalue weighted by Crippen LogP contribution is 2.19. The molecule has 0 fully saturated rings. The third-order valence-corrected chi connectivity index (χ3v) is 8.27. The lowest BCUT2D eigenvalue weighted by Gasteiger charge is -2.12. The number of benzene rings is 1. The van der Waals surface area contributed by atoms with Gasteiger partial charge < -0.3 is 5.11 Å². The van der Waals surface area contributed by atoms with Crippen LogP contribution < -0.4 is 0 Å². The molecule has 0 spiro atoms. The maximum Gasteiger partial charge on any atom is 0.294 e. The summed E-state index contributed by atoms with van der Waals surface area (Å²) in [6.45, 7) is 6.43. The van der Waals surface area contributed by atoms with Crippen molar-refractivity contribution < 1.29 is 18.1 Å². The van der Waals surface area contributed by atoms with Gasteiger partial charge >= 0.3 is 0 Å². The van der Waals surface area contributed by atoms with Crippen LogP contribution in [0.3, 0.4) is 0 Å². The maximum absolute atomic E-state index is 10.4. The molecule has 1 aromatic rings. The Hall–Kier alpha value is -0.560. The number of aliphatic hydroxyl groups excluding tert-OH is 1. The van der Waals surface area contributed by atoms with Crippen molar-refractivity contribution in [3.05, 3.63) is 30.3 Å². The lowest BCUT2D eigenvalue weighted by molar-refractivity contribution is 0.185. The van der Waals surface area contributed by atoms with Gasteiger partial charge in [0.2, 0.25) is 0 Å². The second-order valence-corrected chi connectivity index (χ2v) is 12.8. The lowest BCUT2D eigenvalue weighted by atomic mass is 10.0. The highest BCUT2D eigenvalue weighted by Gasteiger charge is 2.06. The first-order valence-corrected chi connectivity index (χ1v) is 16.6. The summed E-state index contributed by atoms with van der Waals surface area (Å²) in [6.07, 6.45) is 23.8. The van der Waals surface area contributed by atoms with Crippen molar-refractivity contribution in [2.24, 2.45) is 0 Å². The van der Waals surface area contributed by atoms with Gasteiger partial charge in [0.25, 0.3) is 10.1 Å². The number of hydrogen-bond donors (Lipinski definition) is 2. The molecular formula is C29H54O4S2. The zero-order chi connectivity index (χ0) is 26.2. The summed E-state index contributed by atoms with van der Waals surface area (Å²) >= 11 is 2.03. The summed E-state index contributed by atoms with van der Waals surface area (Å²) < 4.78 is 29.2. The average molecular weight is 531 g/mol. The molecule has 0 bridgehead atoms. The molecule has 1 rings (SSSR count). The van der Waals surface area contributed by atoms with Crippen molar-refractivity contribution in [3.8, 4) is 0 Å². The Kier molecular flexibility index (Phi) is 23.4. The molecule has 1 aromatic carbocycles. The Morgan fingerprint density at radius 3 is 1.46 bits per heavy atom. The van der Waals surface area contributed by atoms with E-state index in [2.05, 4.69) is 13.8 Å². The zero-order valence-electron chi connectivity index (χ0n) is 22.8. The molecule has 4 nitrogen and oxygen atoms in total. The molecule has 2 N–H and O–H groups in total. The molecule has 2 atom stereocenters. The first-order chi connectivity index (χ1) is 16.8. The fraction of sp³-hybridized carbons (Fsp3) is 0.793. The number of aliphatic hydroxyl groups is 1. The van der Waals surface area contributed by atoms with E-state index in [9.17, 15) is 13.5 Å². The minimum atomic E-state index is -4.00. The van der Waals surface area contributed by atoms with E-state index in [0.717, 1.165) is 6.42 Å². The predicted molar refractivity (Wildman–Crippen MR) is 154 cm³/mol. The van der Waals surface area contributed by atoms with Crippen molar-refractivity contribution in [2.45, 2.75) is 146 Å². The van der Waals surface area contributed by atoms with Gasteiger partial charge in [-0.2, -0.15) is 20.2 Å². The standard InChI is InChI=1S/C23H48OS.C6H6O3S/c1-4-5-6-7-8-9-10-11-12-13-14-15-16-17-18-19-20-25-23(3)21-22(2)24;7-10(8,9)6-4-2-1-3-5-6/h22-24H,4-21H2,1-3H3;1-5H,(H,7,8,9). The molecule has 0 saturated carbocycles. The van der Waals surface area contributed by atoms with Crippen LogP contribution in [0, 0.1) is 0 Å². The van der Waals surface area contributed by atoms with E-state index in [1.807, 2.05) is 18.7 Å². The van der Waals surface area contributed by atoms with Gasteiger partial charge in [-0.25, -0.2) is 0 Å². The van der Waals surface area contributed by atoms with Crippen LogP contribution in [0.4, 0.5) is 0 Å². The minimum absolute atomic E-state index is 0.0741. The Labute approximate surface area is 221 Å². The predicted octanol–water partition coefficient (Wildman–Crippen LogP) is 9.07. The summed E-state index contributed by atoms with van der Waals surface area (Å²) in [5.74, 6) is 1.27. The molecule has 0 amide bonds. The van der Waals surface area contributed by atoms with E-state index in [-0.39, 0.29) is 11.0 Å². The van der Waals surface area contributed by atoms with Gasteiger partial charge in [0.05, 0.1) is 11.0 Å². The number of hydrogen-bond acceptors (Lipinski definition) is 4. The Morgan fingerprint density at radius 1 is 0.714 bits per heavy atom. The fourth-order valence-corrected chi connectivity index (χ4v) is 5.76. The second kappa shape index (κ2) is 23.8. The topological polar surface area (TPSA) is 74.6 Å². The summed E-state index contributed by atoms with van der Waals surface area (Å²) in [5, 5.41) is 9.96. The summed E-state index contributed by atoms with van der Waals surface area (Å²) in [6, 6.07) is 7.42. The van der Waals surface area contributed by atoms with Gasteiger partial charge in [0.1, 0.15) is 0 Å². The average Bonchev–Trinajstić information content (AvgIpc) is 2.81. The number of thioether (sulfide) groups is 1. The molecule has 0 aliphatic carbocycles. The smallest absolute Gasteiger partial charge is 0.294 e. The zero-order valence-corrected chi connectivity index (χ0v) is 24.4. The maximum atomic E-state index is 10.4. The Balaban J connectivity index is 0.000000952. The van der Waals surface area contributed by atoms with E-state index >= 15 is 0 Å². The van der Waals surface area contributed by atoms with Gasteiger partial charge in [-0.1, -0.05) is 128 Å². The molecule has 0 aromatic heterocycles. The van der Waals surface area contributed by atoms with Crippen molar-refractivity contribution in [3.63, 3.8) is 0 Å². The molecular weight excluding hydrogens is 476 g/mol. The molecule has 0 aliphatic rings. The van der Waals surface area contributed by atoms with Crippen LogP contribution in [0.1, 0.15) is 130 Å². The Morgan fingerprint density at radius 2 is 1.11 bits per heavy atom. The molecule has 0 saturated heterocycles. The van der Waals surface area contributed by atoms with Crippen LogP contribution in [0.5, 0.6) is 0 Å². The Bertz CT molecular complexity index is 663. The van der Waals surface area contributed by atoms with E-state index in [0.29, 0.717) is 5.25 Å². The quantitative estimate of drug-likeness (QED) is 0.122. The molecule has 0 heterocycles. The van der Waals surface area contributed by atoms with Crippen LogP contribution in [-0.4, -0.2) is 35.2 Å². The molecule has 0 aliphatic heterocycles. The lowest BCUT2D eigenvalue weighted by Crippen LogP contribution is -2.09.